The summed E-state index contributed by atoms with van der Waals surface area (Å²) in [5.74, 6) is 1.94. The van der Waals surface area contributed by atoms with Gasteiger partial charge < -0.3 is 5.73 Å². The summed E-state index contributed by atoms with van der Waals surface area (Å²) in [6.45, 7) is 3.86. The third-order valence-electron chi connectivity index (χ3n) is 2.14. The van der Waals surface area contributed by atoms with Gasteiger partial charge in [0.1, 0.15) is 0 Å². The molecule has 2 rings (SSSR count). The molecule has 0 aliphatic rings. The highest BCUT2D eigenvalue weighted by Crippen LogP contribution is 2.11. The molecule has 0 saturated heterocycles. The van der Waals surface area contributed by atoms with Crippen molar-refractivity contribution in [1.29, 1.82) is 0 Å². The zero-order valence-electron chi connectivity index (χ0n) is 9.33. The molecule has 0 aliphatic heterocycles. The van der Waals surface area contributed by atoms with Gasteiger partial charge in [-0.25, -0.2) is 15.0 Å². The molecule has 2 N–H and O–H groups in total. The Morgan fingerprint density at radius 2 is 2.06 bits per heavy atom. The fraction of sp³-hybridized carbons (Fsp3) is 0.400. The lowest BCUT2D eigenvalue weighted by Gasteiger charge is -2.05. The molecule has 2 heterocycles. The van der Waals surface area contributed by atoms with Crippen LogP contribution in [-0.2, 0) is 6.42 Å². The van der Waals surface area contributed by atoms with E-state index in [2.05, 4.69) is 20.1 Å². The lowest BCUT2D eigenvalue weighted by atomic mass is 10.3. The van der Waals surface area contributed by atoms with Gasteiger partial charge >= 0.3 is 0 Å². The Kier molecular flexibility index (Phi) is 2.91. The van der Waals surface area contributed by atoms with Crippen molar-refractivity contribution in [2.24, 2.45) is 5.73 Å². The largest absolute Gasteiger partial charge is 0.322 e. The van der Waals surface area contributed by atoms with Crippen LogP contribution in [0.4, 0.5) is 0 Å². The van der Waals surface area contributed by atoms with E-state index in [1.165, 1.54) is 0 Å². The molecule has 1 unspecified atom stereocenters. The van der Waals surface area contributed by atoms with Crippen molar-refractivity contribution in [3.8, 4) is 5.95 Å². The Labute approximate surface area is 93.6 Å². The maximum atomic E-state index is 5.84. The third kappa shape index (κ3) is 1.92. The summed E-state index contributed by atoms with van der Waals surface area (Å²) in [5, 5.41) is 4.32. The Bertz CT molecular complexity index is 461. The summed E-state index contributed by atoms with van der Waals surface area (Å²) < 4.78 is 1.60. The van der Waals surface area contributed by atoms with Crippen LogP contribution < -0.4 is 5.73 Å². The second-order valence-corrected chi connectivity index (χ2v) is 3.49. The molecule has 0 bridgehead atoms. The minimum absolute atomic E-state index is 0.198. The molecule has 0 aliphatic carbocycles. The average Bonchev–Trinajstić information content (AvgIpc) is 2.74. The molecule has 16 heavy (non-hydrogen) atoms. The number of nitrogens with zero attached hydrogens (tertiary/aromatic N) is 5. The molecular formula is C10H14N6. The normalized spacial score (nSPS) is 12.7. The number of aromatic nitrogens is 5. The highest BCUT2D eigenvalue weighted by Gasteiger charge is 2.15. The van der Waals surface area contributed by atoms with Crippen LogP contribution >= 0.6 is 0 Å². The van der Waals surface area contributed by atoms with Gasteiger partial charge in [-0.05, 0) is 13.0 Å². The van der Waals surface area contributed by atoms with Crippen LogP contribution in [0.2, 0.25) is 0 Å². The smallest absolute Gasteiger partial charge is 0.252 e. The van der Waals surface area contributed by atoms with Crippen molar-refractivity contribution in [3.05, 3.63) is 30.1 Å². The van der Waals surface area contributed by atoms with Crippen LogP contribution in [0, 0.1) is 0 Å². The summed E-state index contributed by atoms with van der Waals surface area (Å²) in [6.07, 6.45) is 4.10. The Morgan fingerprint density at radius 3 is 2.62 bits per heavy atom. The van der Waals surface area contributed by atoms with Crippen molar-refractivity contribution in [3.63, 3.8) is 0 Å². The van der Waals surface area contributed by atoms with Gasteiger partial charge in [0.25, 0.3) is 5.95 Å². The van der Waals surface area contributed by atoms with Crippen molar-refractivity contribution in [2.45, 2.75) is 26.3 Å². The van der Waals surface area contributed by atoms with Crippen LogP contribution in [0.15, 0.2) is 18.5 Å². The topological polar surface area (TPSA) is 82.5 Å². The summed E-state index contributed by atoms with van der Waals surface area (Å²) in [7, 11) is 0. The van der Waals surface area contributed by atoms with Gasteiger partial charge in [-0.1, -0.05) is 6.92 Å². The lowest BCUT2D eigenvalue weighted by molar-refractivity contribution is 0.668. The van der Waals surface area contributed by atoms with Crippen molar-refractivity contribution >= 4 is 0 Å². The van der Waals surface area contributed by atoms with Crippen LogP contribution in [0.3, 0.4) is 0 Å². The third-order valence-corrected chi connectivity index (χ3v) is 2.14. The van der Waals surface area contributed by atoms with Gasteiger partial charge in [0.05, 0.1) is 6.04 Å². The van der Waals surface area contributed by atoms with Gasteiger partial charge in [-0.2, -0.15) is 4.68 Å². The summed E-state index contributed by atoms with van der Waals surface area (Å²) in [4.78, 5) is 12.6. The predicted molar refractivity (Wildman–Crippen MR) is 58.9 cm³/mol. The minimum Gasteiger partial charge on any atom is -0.322 e. The number of rotatable bonds is 3. The fourth-order valence-corrected chi connectivity index (χ4v) is 1.36. The Hall–Kier alpha value is -1.82. The molecule has 0 saturated carbocycles. The monoisotopic (exact) mass is 218 g/mol. The van der Waals surface area contributed by atoms with Crippen molar-refractivity contribution in [1.82, 2.24) is 24.7 Å². The number of nitrogens with two attached hydrogens (primary N) is 1. The van der Waals surface area contributed by atoms with Gasteiger partial charge in [0, 0.05) is 18.8 Å². The van der Waals surface area contributed by atoms with Crippen molar-refractivity contribution in [2.75, 3.05) is 0 Å². The van der Waals surface area contributed by atoms with E-state index in [4.69, 9.17) is 5.73 Å². The van der Waals surface area contributed by atoms with E-state index < -0.39 is 0 Å². The number of hydrogen-bond donors (Lipinski definition) is 1. The average molecular weight is 218 g/mol. The summed E-state index contributed by atoms with van der Waals surface area (Å²) in [5.41, 5.74) is 5.84. The molecule has 0 radical (unpaired) electrons. The maximum absolute atomic E-state index is 5.84. The first-order valence-electron chi connectivity index (χ1n) is 5.21. The maximum Gasteiger partial charge on any atom is 0.252 e. The Balaban J connectivity index is 2.51. The second-order valence-electron chi connectivity index (χ2n) is 3.49. The van der Waals surface area contributed by atoms with E-state index >= 15 is 0 Å². The zero-order chi connectivity index (χ0) is 11.5. The standard InChI is InChI=1S/C10H14N6/c1-3-8-14-9(7(2)11)16(15-8)10-12-5-4-6-13-10/h4-7H,3,11H2,1-2H3. The molecule has 0 fully saturated rings. The number of aryl methyl sites for hydroxylation is 1. The Morgan fingerprint density at radius 1 is 1.38 bits per heavy atom. The molecule has 6 nitrogen and oxygen atoms in total. The van der Waals surface area contributed by atoms with E-state index in [-0.39, 0.29) is 6.04 Å². The van der Waals surface area contributed by atoms with Crippen molar-refractivity contribution < 1.29 is 0 Å². The summed E-state index contributed by atoms with van der Waals surface area (Å²) >= 11 is 0. The van der Waals surface area contributed by atoms with Gasteiger partial charge in [-0.15, -0.1) is 5.10 Å². The van der Waals surface area contributed by atoms with Crippen LogP contribution in [-0.4, -0.2) is 24.7 Å². The first-order valence-corrected chi connectivity index (χ1v) is 5.21. The van der Waals surface area contributed by atoms with E-state index in [0.717, 1.165) is 12.2 Å². The van der Waals surface area contributed by atoms with Gasteiger partial charge in [-0.3, -0.25) is 0 Å². The van der Waals surface area contributed by atoms with Gasteiger partial charge in [0.15, 0.2) is 11.6 Å². The molecule has 2 aromatic heterocycles. The quantitative estimate of drug-likeness (QED) is 0.817. The molecule has 1 atom stereocenters. The molecule has 84 valence electrons. The number of hydrogen-bond acceptors (Lipinski definition) is 5. The molecular weight excluding hydrogens is 204 g/mol. The highest BCUT2D eigenvalue weighted by molar-refractivity contribution is 5.13. The molecule has 0 spiro atoms. The first kappa shape index (κ1) is 10.7. The van der Waals surface area contributed by atoms with Gasteiger partial charge in [0.2, 0.25) is 0 Å². The molecule has 0 aromatic carbocycles. The second kappa shape index (κ2) is 4.36. The first-order chi connectivity index (χ1) is 7.72. The molecule has 2 aromatic rings. The van der Waals surface area contributed by atoms with Crippen LogP contribution in [0.25, 0.3) is 5.95 Å². The van der Waals surface area contributed by atoms with E-state index in [1.54, 1.807) is 23.1 Å². The lowest BCUT2D eigenvalue weighted by Crippen LogP contribution is -2.14. The fourth-order valence-electron chi connectivity index (χ4n) is 1.36. The zero-order valence-corrected chi connectivity index (χ0v) is 9.33. The SMILES string of the molecule is CCc1nc(C(C)N)n(-c2ncccn2)n1. The van der Waals surface area contributed by atoms with E-state index in [9.17, 15) is 0 Å². The minimum atomic E-state index is -0.198. The van der Waals surface area contributed by atoms with E-state index in [1.807, 2.05) is 13.8 Å². The van der Waals surface area contributed by atoms with Crippen LogP contribution in [0.1, 0.15) is 31.5 Å². The van der Waals surface area contributed by atoms with E-state index in [0.29, 0.717) is 11.8 Å². The molecule has 0 amide bonds. The highest BCUT2D eigenvalue weighted by atomic mass is 15.4. The molecule has 6 heteroatoms. The van der Waals surface area contributed by atoms with Crippen LogP contribution in [0.5, 0.6) is 0 Å². The predicted octanol–water partition coefficient (Wildman–Crippen LogP) is 0.639. The summed E-state index contributed by atoms with van der Waals surface area (Å²) in [6, 6.07) is 1.56.